The van der Waals surface area contributed by atoms with Gasteiger partial charge in [0.2, 0.25) is 0 Å². The summed E-state index contributed by atoms with van der Waals surface area (Å²) >= 11 is 0. The molecule has 0 fully saturated rings. The van der Waals surface area contributed by atoms with Crippen LogP contribution in [0.25, 0.3) is 0 Å². The van der Waals surface area contributed by atoms with Crippen LogP contribution in [0.2, 0.25) is 0 Å². The van der Waals surface area contributed by atoms with Gasteiger partial charge in [-0.15, -0.1) is 0 Å². The van der Waals surface area contributed by atoms with Crippen LogP contribution in [-0.4, -0.2) is 38.2 Å². The maximum atomic E-state index is 5.62. The van der Waals surface area contributed by atoms with E-state index in [0.29, 0.717) is 12.6 Å². The molecule has 0 spiro atoms. The Kier molecular flexibility index (Phi) is 6.47. The zero-order valence-corrected chi connectivity index (χ0v) is 11.6. The molecule has 0 radical (unpaired) electrons. The van der Waals surface area contributed by atoms with E-state index >= 15 is 0 Å². The van der Waals surface area contributed by atoms with E-state index in [0.717, 1.165) is 18.8 Å². The van der Waals surface area contributed by atoms with Crippen LogP contribution >= 0.6 is 0 Å². The molecule has 100 valence electrons. The van der Waals surface area contributed by atoms with Gasteiger partial charge in [-0.1, -0.05) is 30.9 Å². The maximum Gasteiger partial charge on any atom is 0.124 e. The Labute approximate surface area is 110 Å². The van der Waals surface area contributed by atoms with E-state index in [-0.39, 0.29) is 0 Å². The molecule has 0 bridgehead atoms. The average Bonchev–Trinajstić information content (AvgIpc) is 2.37. The molecular formula is C15H24N2O. The number of benzene rings is 1. The highest BCUT2D eigenvalue weighted by Gasteiger charge is 2.05. The summed E-state index contributed by atoms with van der Waals surface area (Å²) in [6.07, 6.45) is 1.76. The predicted octanol–water partition coefficient (Wildman–Crippen LogP) is 2.29. The van der Waals surface area contributed by atoms with Crippen LogP contribution in [0.1, 0.15) is 12.5 Å². The van der Waals surface area contributed by atoms with Gasteiger partial charge in [-0.2, -0.15) is 0 Å². The number of nitrogens with zero attached hydrogens (tertiary/aromatic N) is 1. The predicted molar refractivity (Wildman–Crippen MR) is 77.0 cm³/mol. The van der Waals surface area contributed by atoms with Crippen LogP contribution in [0, 0.1) is 0 Å². The fourth-order valence-electron chi connectivity index (χ4n) is 1.54. The second-order valence-corrected chi connectivity index (χ2v) is 4.65. The van der Waals surface area contributed by atoms with Crippen molar-refractivity contribution in [3.8, 4) is 5.75 Å². The van der Waals surface area contributed by atoms with Gasteiger partial charge in [0.15, 0.2) is 0 Å². The Morgan fingerprint density at radius 3 is 2.78 bits per heavy atom. The summed E-state index contributed by atoms with van der Waals surface area (Å²) in [5, 5.41) is 3.45. The van der Waals surface area contributed by atoms with E-state index in [4.69, 9.17) is 4.74 Å². The number of para-hydroxylation sites is 1. The van der Waals surface area contributed by atoms with Crippen molar-refractivity contribution in [1.82, 2.24) is 10.2 Å². The second kappa shape index (κ2) is 7.90. The molecule has 0 aliphatic carbocycles. The molecular weight excluding hydrogens is 224 g/mol. The Morgan fingerprint density at radius 2 is 2.11 bits per heavy atom. The number of likely N-dealkylation sites (N-methyl/N-ethyl adjacent to an activating group) is 1. The molecule has 0 saturated carbocycles. The first kappa shape index (κ1) is 14.7. The number of ether oxygens (including phenoxy) is 1. The van der Waals surface area contributed by atoms with Crippen LogP contribution in [0.3, 0.4) is 0 Å². The lowest BCUT2D eigenvalue weighted by Crippen LogP contribution is -2.35. The van der Waals surface area contributed by atoms with Crippen LogP contribution in [-0.2, 0) is 6.54 Å². The molecule has 0 saturated heterocycles. The molecule has 18 heavy (non-hydrogen) atoms. The third kappa shape index (κ3) is 4.90. The molecule has 0 aliphatic rings. The first-order valence-electron chi connectivity index (χ1n) is 6.34. The molecule has 0 amide bonds. The van der Waals surface area contributed by atoms with Gasteiger partial charge in [0.05, 0.1) is 0 Å². The van der Waals surface area contributed by atoms with Gasteiger partial charge in [0.25, 0.3) is 0 Å². The van der Waals surface area contributed by atoms with Crippen LogP contribution in [0.5, 0.6) is 5.75 Å². The molecule has 3 heteroatoms. The first-order chi connectivity index (χ1) is 8.65. The smallest absolute Gasteiger partial charge is 0.124 e. The van der Waals surface area contributed by atoms with E-state index in [1.165, 1.54) is 5.56 Å². The highest BCUT2D eigenvalue weighted by Crippen LogP contribution is 2.17. The van der Waals surface area contributed by atoms with Crippen molar-refractivity contribution in [2.75, 3.05) is 27.2 Å². The fraction of sp³-hybridized carbons (Fsp3) is 0.467. The molecule has 0 heterocycles. The molecule has 0 aromatic heterocycles. The molecule has 3 nitrogen and oxygen atoms in total. The molecule has 1 N–H and O–H groups in total. The third-order valence-electron chi connectivity index (χ3n) is 2.97. The topological polar surface area (TPSA) is 24.5 Å². The molecule has 0 aliphatic heterocycles. The van der Waals surface area contributed by atoms with Crippen molar-refractivity contribution in [2.24, 2.45) is 0 Å². The Balaban J connectivity index is 2.48. The van der Waals surface area contributed by atoms with Crippen molar-refractivity contribution in [3.05, 3.63) is 42.5 Å². The highest BCUT2D eigenvalue weighted by molar-refractivity contribution is 5.33. The van der Waals surface area contributed by atoms with E-state index < -0.39 is 0 Å². The average molecular weight is 248 g/mol. The standard InChI is InChI=1S/C15H24N2O/c1-5-10-18-15-9-7-6-8-14(15)12-16-11-13(2)17(3)4/h5-9,13,16H,1,10-12H2,2-4H3. The Hall–Kier alpha value is -1.32. The number of hydrogen-bond acceptors (Lipinski definition) is 3. The van der Waals surface area contributed by atoms with Crippen molar-refractivity contribution >= 4 is 0 Å². The molecule has 1 unspecified atom stereocenters. The largest absolute Gasteiger partial charge is 0.489 e. The Morgan fingerprint density at radius 1 is 1.39 bits per heavy atom. The monoisotopic (exact) mass is 248 g/mol. The highest BCUT2D eigenvalue weighted by atomic mass is 16.5. The van der Waals surface area contributed by atoms with E-state index in [9.17, 15) is 0 Å². The molecule has 1 aromatic rings. The Bertz CT molecular complexity index is 363. The van der Waals surface area contributed by atoms with Gasteiger partial charge in [-0.25, -0.2) is 0 Å². The summed E-state index contributed by atoms with van der Waals surface area (Å²) in [5.41, 5.74) is 1.19. The van der Waals surface area contributed by atoms with Crippen LogP contribution in [0.4, 0.5) is 0 Å². The third-order valence-corrected chi connectivity index (χ3v) is 2.97. The van der Waals surface area contributed by atoms with Crippen molar-refractivity contribution < 1.29 is 4.74 Å². The van der Waals surface area contributed by atoms with Gasteiger partial charge in [0, 0.05) is 24.7 Å². The zero-order valence-electron chi connectivity index (χ0n) is 11.6. The van der Waals surface area contributed by atoms with E-state index in [2.05, 4.69) is 43.9 Å². The van der Waals surface area contributed by atoms with Gasteiger partial charge in [-0.05, 0) is 27.1 Å². The van der Waals surface area contributed by atoms with E-state index in [1.807, 2.05) is 18.2 Å². The van der Waals surface area contributed by atoms with Crippen molar-refractivity contribution in [3.63, 3.8) is 0 Å². The molecule has 1 aromatic carbocycles. The molecule has 1 atom stereocenters. The van der Waals surface area contributed by atoms with Gasteiger partial charge < -0.3 is 15.0 Å². The summed E-state index contributed by atoms with van der Waals surface area (Å²) < 4.78 is 5.62. The number of nitrogens with one attached hydrogen (secondary N) is 1. The SMILES string of the molecule is C=CCOc1ccccc1CNCC(C)N(C)C. The summed E-state index contributed by atoms with van der Waals surface area (Å²) in [6.45, 7) is 8.20. The van der Waals surface area contributed by atoms with Crippen molar-refractivity contribution in [1.29, 1.82) is 0 Å². The second-order valence-electron chi connectivity index (χ2n) is 4.65. The quantitative estimate of drug-likeness (QED) is 0.714. The lowest BCUT2D eigenvalue weighted by molar-refractivity contribution is 0.301. The van der Waals surface area contributed by atoms with E-state index in [1.54, 1.807) is 6.08 Å². The van der Waals surface area contributed by atoms with Crippen molar-refractivity contribution in [2.45, 2.75) is 19.5 Å². The fourth-order valence-corrected chi connectivity index (χ4v) is 1.54. The summed E-state index contributed by atoms with van der Waals surface area (Å²) in [4.78, 5) is 2.20. The zero-order chi connectivity index (χ0) is 13.4. The minimum Gasteiger partial charge on any atom is -0.489 e. The first-order valence-corrected chi connectivity index (χ1v) is 6.34. The summed E-state index contributed by atoms with van der Waals surface area (Å²) in [6, 6.07) is 8.63. The minimum absolute atomic E-state index is 0.520. The van der Waals surface area contributed by atoms with Crippen LogP contribution in [0.15, 0.2) is 36.9 Å². The lowest BCUT2D eigenvalue weighted by Gasteiger charge is -2.20. The summed E-state index contributed by atoms with van der Waals surface area (Å²) in [5.74, 6) is 0.933. The van der Waals surface area contributed by atoms with Gasteiger partial charge >= 0.3 is 0 Å². The minimum atomic E-state index is 0.520. The number of hydrogen-bond donors (Lipinski definition) is 1. The lowest BCUT2D eigenvalue weighted by atomic mass is 10.2. The molecule has 1 rings (SSSR count). The number of rotatable bonds is 8. The summed E-state index contributed by atoms with van der Waals surface area (Å²) in [7, 11) is 4.18. The van der Waals surface area contributed by atoms with Gasteiger partial charge in [-0.3, -0.25) is 0 Å². The normalized spacial score (nSPS) is 12.4. The maximum absolute atomic E-state index is 5.62. The van der Waals surface area contributed by atoms with Gasteiger partial charge in [0.1, 0.15) is 12.4 Å². The van der Waals surface area contributed by atoms with Crippen LogP contribution < -0.4 is 10.1 Å².